The van der Waals surface area contributed by atoms with Crippen LogP contribution in [0.1, 0.15) is 16.7 Å². The van der Waals surface area contributed by atoms with Crippen LogP contribution in [0.3, 0.4) is 0 Å². The van der Waals surface area contributed by atoms with Crippen LogP contribution in [0.5, 0.6) is 0 Å². The summed E-state index contributed by atoms with van der Waals surface area (Å²) in [4.78, 5) is 13.8. The van der Waals surface area contributed by atoms with Crippen LogP contribution < -0.4 is 0 Å². The molecule has 0 saturated heterocycles. The van der Waals surface area contributed by atoms with Gasteiger partial charge in [0.1, 0.15) is 0 Å². The molecule has 0 heterocycles. The van der Waals surface area contributed by atoms with Gasteiger partial charge in [-0.05, 0) is 0 Å². The summed E-state index contributed by atoms with van der Waals surface area (Å²) in [6, 6.07) is 14.4. The standard InChI is InChI=1S/C16H16O2S.Al/c1-11-8-13(10-16(17)18)12(2)15(9-11)19-14-6-4-3-5-7-14;/h3-9H,10H2,1-2H3,(H,17,18);/q;+3/p-1. The Kier molecular flexibility index (Phi) is 5.31. The molecule has 2 rings (SSSR count). The summed E-state index contributed by atoms with van der Waals surface area (Å²) in [6.07, 6.45) is 0.305. The van der Waals surface area contributed by atoms with E-state index < -0.39 is 0 Å². The first-order valence-electron chi connectivity index (χ1n) is 6.32. The van der Waals surface area contributed by atoms with Crippen molar-refractivity contribution in [2.24, 2.45) is 0 Å². The Labute approximate surface area is 132 Å². The Morgan fingerprint density at radius 3 is 2.55 bits per heavy atom. The van der Waals surface area contributed by atoms with Gasteiger partial charge in [0.25, 0.3) is 0 Å². The van der Waals surface area contributed by atoms with Crippen molar-refractivity contribution in [3.8, 4) is 0 Å². The van der Waals surface area contributed by atoms with Crippen LogP contribution in [0, 0.1) is 13.8 Å². The van der Waals surface area contributed by atoms with Gasteiger partial charge < -0.3 is 0 Å². The van der Waals surface area contributed by atoms with E-state index in [0.717, 1.165) is 16.7 Å². The third kappa shape index (κ3) is 3.89. The zero-order chi connectivity index (χ0) is 14.5. The summed E-state index contributed by atoms with van der Waals surface area (Å²) in [5.41, 5.74) is 3.32. The predicted molar refractivity (Wildman–Crippen MR) is 82.0 cm³/mol. The Balaban J connectivity index is 2.31. The normalized spacial score (nSPS) is 10.4. The van der Waals surface area contributed by atoms with Crippen LogP contribution in [0.2, 0.25) is 0 Å². The molecule has 0 N–H and O–H groups in total. The summed E-state index contributed by atoms with van der Waals surface area (Å²) in [5.74, 6) is -0.237. The summed E-state index contributed by atoms with van der Waals surface area (Å²) < 4.78 is 4.68. The molecule has 0 aromatic heterocycles. The molecule has 0 atom stereocenters. The molecular weight excluding hydrogens is 283 g/mol. The fourth-order valence-electron chi connectivity index (χ4n) is 2.00. The Morgan fingerprint density at radius 1 is 1.20 bits per heavy atom. The summed E-state index contributed by atoms with van der Waals surface area (Å²) >= 11 is 3.73. The number of carbonyl (C=O) groups is 1. The van der Waals surface area contributed by atoms with Crippen LogP contribution in [0.4, 0.5) is 0 Å². The van der Waals surface area contributed by atoms with Gasteiger partial charge in [-0.2, -0.15) is 0 Å². The van der Waals surface area contributed by atoms with Crippen molar-refractivity contribution in [3.05, 3.63) is 59.2 Å². The van der Waals surface area contributed by atoms with E-state index in [1.807, 2.05) is 47.8 Å². The number of carbonyl (C=O) groups excluding carboxylic acids is 1. The molecule has 2 aromatic rings. The first kappa shape index (κ1) is 15.2. The van der Waals surface area contributed by atoms with E-state index in [4.69, 9.17) is 0 Å². The van der Waals surface area contributed by atoms with Crippen molar-refractivity contribution in [1.29, 1.82) is 0 Å². The molecule has 0 amide bonds. The Hall–Kier alpha value is -1.21. The first-order chi connectivity index (χ1) is 9.60. The third-order valence-corrected chi connectivity index (χ3v) is 4.46. The van der Waals surface area contributed by atoms with E-state index >= 15 is 0 Å². The monoisotopic (exact) mass is 298 g/mol. The Morgan fingerprint density at radius 2 is 1.90 bits per heavy atom. The molecule has 0 aliphatic carbocycles. The summed E-state index contributed by atoms with van der Waals surface area (Å²) in [7, 11) is 0. The van der Waals surface area contributed by atoms with Crippen molar-refractivity contribution in [3.63, 3.8) is 0 Å². The Bertz CT molecular complexity index is 611. The van der Waals surface area contributed by atoms with Gasteiger partial charge in [-0.1, -0.05) is 0 Å². The van der Waals surface area contributed by atoms with E-state index in [-0.39, 0.29) is 5.97 Å². The molecule has 0 saturated carbocycles. The van der Waals surface area contributed by atoms with Crippen LogP contribution in [0.15, 0.2) is 52.3 Å². The minimum atomic E-state index is -0.237. The number of benzene rings is 2. The van der Waals surface area contributed by atoms with E-state index in [0.29, 0.717) is 6.42 Å². The predicted octanol–water partition coefficient (Wildman–Crippen LogP) is 3.62. The van der Waals surface area contributed by atoms with Crippen molar-refractivity contribution < 1.29 is 8.58 Å². The van der Waals surface area contributed by atoms with Crippen molar-refractivity contribution in [1.82, 2.24) is 0 Å². The molecular formula is C16H15AlO2S+2. The average Bonchev–Trinajstić information content (AvgIpc) is 2.45. The van der Waals surface area contributed by atoms with Gasteiger partial charge in [-0.15, -0.1) is 0 Å². The molecule has 2 aromatic carbocycles. The quantitative estimate of drug-likeness (QED) is 0.806. The summed E-state index contributed by atoms with van der Waals surface area (Å²) in [5, 5.41) is 0. The van der Waals surface area contributed by atoms with Crippen LogP contribution in [-0.4, -0.2) is 22.6 Å². The SMILES string of the molecule is Cc1cc(CC(=O)[O][Al+2])c(C)c(Sc2ccccc2)c1. The van der Waals surface area contributed by atoms with Gasteiger partial charge >= 0.3 is 132 Å². The second-order valence-corrected chi connectivity index (χ2v) is 5.98. The molecule has 0 fully saturated rings. The maximum absolute atomic E-state index is 11.5. The average molecular weight is 298 g/mol. The second-order valence-electron chi connectivity index (χ2n) is 4.63. The van der Waals surface area contributed by atoms with Gasteiger partial charge in [0.05, 0.1) is 0 Å². The van der Waals surface area contributed by atoms with Crippen molar-refractivity contribution in [2.75, 3.05) is 0 Å². The molecule has 0 aliphatic heterocycles. The van der Waals surface area contributed by atoms with Gasteiger partial charge in [0.15, 0.2) is 0 Å². The molecule has 0 unspecified atom stereocenters. The van der Waals surface area contributed by atoms with Crippen LogP contribution in [-0.2, 0) is 15.0 Å². The fourth-order valence-corrected chi connectivity index (χ4v) is 3.16. The van der Waals surface area contributed by atoms with Gasteiger partial charge in [0, 0.05) is 0 Å². The van der Waals surface area contributed by atoms with Gasteiger partial charge in [-0.25, -0.2) is 0 Å². The van der Waals surface area contributed by atoms with Gasteiger partial charge in [-0.3, -0.25) is 0 Å². The number of rotatable bonds is 4. The zero-order valence-electron chi connectivity index (χ0n) is 11.6. The molecule has 98 valence electrons. The number of aryl methyl sites for hydroxylation is 1. The molecule has 0 radical (unpaired) electrons. The van der Waals surface area contributed by atoms with Crippen molar-refractivity contribution in [2.45, 2.75) is 30.1 Å². The second kappa shape index (κ2) is 6.99. The summed E-state index contributed by atoms with van der Waals surface area (Å²) in [6.45, 7) is 4.10. The van der Waals surface area contributed by atoms with E-state index in [9.17, 15) is 4.79 Å². The molecule has 20 heavy (non-hydrogen) atoms. The molecule has 0 spiro atoms. The maximum atomic E-state index is 11.5. The number of hydrogen-bond donors (Lipinski definition) is 0. The molecule has 0 bridgehead atoms. The van der Waals surface area contributed by atoms with Crippen molar-refractivity contribution >= 4 is 34.4 Å². The van der Waals surface area contributed by atoms with E-state index in [2.05, 4.69) is 28.9 Å². The van der Waals surface area contributed by atoms with Crippen LogP contribution >= 0.6 is 11.8 Å². The first-order valence-corrected chi connectivity index (χ1v) is 7.61. The van der Waals surface area contributed by atoms with Crippen LogP contribution in [0.25, 0.3) is 0 Å². The molecule has 4 heteroatoms. The molecule has 2 nitrogen and oxygen atoms in total. The minimum absolute atomic E-state index is 0.237. The van der Waals surface area contributed by atoms with E-state index in [1.165, 1.54) is 9.79 Å². The zero-order valence-corrected chi connectivity index (χ0v) is 13.5. The number of hydrogen-bond acceptors (Lipinski definition) is 3. The van der Waals surface area contributed by atoms with E-state index in [1.54, 1.807) is 11.8 Å². The topological polar surface area (TPSA) is 26.3 Å². The molecule has 0 aliphatic rings. The van der Waals surface area contributed by atoms with Gasteiger partial charge in [0.2, 0.25) is 0 Å². The fraction of sp³-hybridized carbons (Fsp3) is 0.188. The third-order valence-electron chi connectivity index (χ3n) is 3.05.